The van der Waals surface area contributed by atoms with Crippen molar-refractivity contribution in [3.63, 3.8) is 0 Å². The highest BCUT2D eigenvalue weighted by molar-refractivity contribution is 7.92. The van der Waals surface area contributed by atoms with Crippen molar-refractivity contribution >= 4 is 33.2 Å². The molecule has 3 aromatic carbocycles. The molecule has 166 valence electrons. The van der Waals surface area contributed by atoms with Crippen LogP contribution in [-0.4, -0.2) is 27.3 Å². The van der Waals surface area contributed by atoms with Crippen LogP contribution in [0.5, 0.6) is 0 Å². The molecule has 0 radical (unpaired) electrons. The second-order valence-corrected chi connectivity index (χ2v) is 9.22. The van der Waals surface area contributed by atoms with E-state index in [-0.39, 0.29) is 23.1 Å². The first-order valence-electron chi connectivity index (χ1n) is 10.0. The molecule has 8 heteroatoms. The Kier molecular flexibility index (Phi) is 7.27. The summed E-state index contributed by atoms with van der Waals surface area (Å²) in [6.45, 7) is 1.39. The molecular formula is C24H25N3O4S. The fourth-order valence-corrected chi connectivity index (χ4v) is 4.49. The molecule has 1 unspecified atom stereocenters. The highest BCUT2D eigenvalue weighted by Crippen LogP contribution is 2.24. The van der Waals surface area contributed by atoms with Gasteiger partial charge in [0.05, 0.1) is 23.0 Å². The number of sulfonamides is 1. The number of amides is 2. The van der Waals surface area contributed by atoms with Crippen molar-refractivity contribution in [3.8, 4) is 0 Å². The lowest BCUT2D eigenvalue weighted by Gasteiger charge is -2.20. The van der Waals surface area contributed by atoms with E-state index in [2.05, 4.69) is 10.6 Å². The van der Waals surface area contributed by atoms with Gasteiger partial charge in [-0.15, -0.1) is 0 Å². The van der Waals surface area contributed by atoms with Crippen LogP contribution in [0.3, 0.4) is 0 Å². The topological polar surface area (TPSA) is 95.6 Å². The van der Waals surface area contributed by atoms with E-state index in [1.165, 1.54) is 30.4 Å². The number of nitrogens with one attached hydrogen (secondary N) is 2. The van der Waals surface area contributed by atoms with Gasteiger partial charge in [0, 0.05) is 19.7 Å². The first kappa shape index (κ1) is 23.0. The van der Waals surface area contributed by atoms with Gasteiger partial charge in [-0.1, -0.05) is 54.6 Å². The van der Waals surface area contributed by atoms with Crippen molar-refractivity contribution in [2.75, 3.05) is 16.7 Å². The van der Waals surface area contributed by atoms with Crippen LogP contribution in [0.2, 0.25) is 0 Å². The van der Waals surface area contributed by atoms with Gasteiger partial charge in [0.15, 0.2) is 0 Å². The second-order valence-electron chi connectivity index (χ2n) is 7.25. The van der Waals surface area contributed by atoms with Crippen molar-refractivity contribution in [2.45, 2.75) is 24.3 Å². The maximum Gasteiger partial charge on any atom is 0.264 e. The molecule has 0 aromatic heterocycles. The maximum absolute atomic E-state index is 13.0. The van der Waals surface area contributed by atoms with Gasteiger partial charge in [0.2, 0.25) is 11.8 Å². The van der Waals surface area contributed by atoms with Crippen LogP contribution in [0.15, 0.2) is 89.8 Å². The highest BCUT2D eigenvalue weighted by Gasteiger charge is 2.22. The predicted octanol–water partition coefficient (Wildman–Crippen LogP) is 3.72. The number of nitrogens with zero attached hydrogens (tertiary/aromatic N) is 1. The summed E-state index contributed by atoms with van der Waals surface area (Å²) in [5.74, 6) is -0.595. The first-order valence-corrected chi connectivity index (χ1v) is 11.5. The van der Waals surface area contributed by atoms with Crippen LogP contribution < -0.4 is 14.9 Å². The predicted molar refractivity (Wildman–Crippen MR) is 125 cm³/mol. The summed E-state index contributed by atoms with van der Waals surface area (Å²) in [5, 5.41) is 5.51. The number of hydrogen-bond acceptors (Lipinski definition) is 4. The number of para-hydroxylation sites is 1. The van der Waals surface area contributed by atoms with Crippen molar-refractivity contribution in [1.82, 2.24) is 5.32 Å². The third kappa shape index (κ3) is 5.73. The summed E-state index contributed by atoms with van der Waals surface area (Å²) in [6.07, 6.45) is 0.00445. The van der Waals surface area contributed by atoms with Crippen LogP contribution >= 0.6 is 0 Å². The van der Waals surface area contributed by atoms with Crippen LogP contribution in [0.25, 0.3) is 0 Å². The van der Waals surface area contributed by atoms with Crippen LogP contribution in [0.4, 0.5) is 11.4 Å². The Labute approximate surface area is 188 Å². The van der Waals surface area contributed by atoms with E-state index in [9.17, 15) is 18.0 Å². The lowest BCUT2D eigenvalue weighted by atomic mass is 10.0. The summed E-state index contributed by atoms with van der Waals surface area (Å²) < 4.78 is 27.2. The van der Waals surface area contributed by atoms with E-state index in [1.54, 1.807) is 36.4 Å². The molecule has 0 bridgehead atoms. The van der Waals surface area contributed by atoms with E-state index in [4.69, 9.17) is 0 Å². The van der Waals surface area contributed by atoms with Crippen LogP contribution in [-0.2, 0) is 19.6 Å². The van der Waals surface area contributed by atoms with E-state index in [0.29, 0.717) is 11.4 Å². The molecule has 0 saturated heterocycles. The second kappa shape index (κ2) is 10.1. The Bertz CT molecular complexity index is 1180. The quantitative estimate of drug-likeness (QED) is 0.546. The molecular weight excluding hydrogens is 426 g/mol. The minimum Gasteiger partial charge on any atom is -0.349 e. The van der Waals surface area contributed by atoms with Gasteiger partial charge in [-0.3, -0.25) is 13.9 Å². The van der Waals surface area contributed by atoms with E-state index in [1.807, 2.05) is 36.4 Å². The molecule has 0 aliphatic heterocycles. The SMILES string of the molecule is CC(=O)NC(CC(=O)Nc1cccc(S(=O)(=O)N(C)c2ccccc2)c1)c1ccccc1. The van der Waals surface area contributed by atoms with Crippen LogP contribution in [0, 0.1) is 0 Å². The van der Waals surface area contributed by atoms with Gasteiger partial charge in [0.25, 0.3) is 10.0 Å². The molecule has 0 fully saturated rings. The van der Waals surface area contributed by atoms with Gasteiger partial charge in [0.1, 0.15) is 0 Å². The number of anilines is 2. The lowest BCUT2D eigenvalue weighted by Crippen LogP contribution is -2.30. The molecule has 0 aliphatic rings. The molecule has 2 N–H and O–H groups in total. The average molecular weight is 452 g/mol. The van der Waals surface area contributed by atoms with Crippen molar-refractivity contribution in [1.29, 1.82) is 0 Å². The molecule has 2 amide bonds. The van der Waals surface area contributed by atoms with Crippen molar-refractivity contribution in [2.24, 2.45) is 0 Å². The minimum atomic E-state index is -3.81. The maximum atomic E-state index is 13.0. The number of carbonyl (C=O) groups is 2. The summed E-state index contributed by atoms with van der Waals surface area (Å²) in [5.41, 5.74) is 1.69. The van der Waals surface area contributed by atoms with Gasteiger partial charge in [-0.05, 0) is 35.9 Å². The molecule has 0 aliphatic carbocycles. The molecule has 1 atom stereocenters. The average Bonchev–Trinajstić information content (AvgIpc) is 2.79. The number of hydrogen-bond donors (Lipinski definition) is 2. The largest absolute Gasteiger partial charge is 0.349 e. The zero-order valence-corrected chi connectivity index (χ0v) is 18.7. The summed E-state index contributed by atoms with van der Waals surface area (Å²) in [6, 6.07) is 23.5. The highest BCUT2D eigenvalue weighted by atomic mass is 32.2. The van der Waals surface area contributed by atoms with Gasteiger partial charge >= 0.3 is 0 Å². The van der Waals surface area contributed by atoms with Gasteiger partial charge in [-0.25, -0.2) is 8.42 Å². The Morgan fingerprint density at radius 2 is 1.53 bits per heavy atom. The molecule has 32 heavy (non-hydrogen) atoms. The van der Waals surface area contributed by atoms with Gasteiger partial charge in [-0.2, -0.15) is 0 Å². The minimum absolute atomic E-state index is 0.00445. The van der Waals surface area contributed by atoms with Crippen molar-refractivity contribution in [3.05, 3.63) is 90.5 Å². The number of rotatable bonds is 8. The zero-order chi connectivity index (χ0) is 23.1. The smallest absolute Gasteiger partial charge is 0.264 e. The Balaban J connectivity index is 1.76. The lowest BCUT2D eigenvalue weighted by molar-refractivity contribution is -0.120. The molecule has 7 nitrogen and oxygen atoms in total. The monoisotopic (exact) mass is 451 g/mol. The normalized spacial score (nSPS) is 11.9. The van der Waals surface area contributed by atoms with Crippen LogP contribution in [0.1, 0.15) is 24.9 Å². The molecule has 0 heterocycles. The number of benzene rings is 3. The van der Waals surface area contributed by atoms with E-state index < -0.39 is 16.1 Å². The fraction of sp³-hybridized carbons (Fsp3) is 0.167. The van der Waals surface area contributed by atoms with Gasteiger partial charge < -0.3 is 10.6 Å². The standard InChI is InChI=1S/C24H25N3O4S/c1-18(28)25-23(19-10-5-3-6-11-19)17-24(29)26-20-12-9-15-22(16-20)32(30,31)27(2)21-13-7-4-8-14-21/h3-16,23H,17H2,1-2H3,(H,25,28)(H,26,29). The summed E-state index contributed by atoms with van der Waals surface area (Å²) >= 11 is 0. The summed E-state index contributed by atoms with van der Waals surface area (Å²) in [7, 11) is -2.33. The Hall–Kier alpha value is -3.65. The van der Waals surface area contributed by atoms with E-state index in [0.717, 1.165) is 5.56 Å². The Morgan fingerprint density at radius 3 is 2.16 bits per heavy atom. The third-order valence-corrected chi connectivity index (χ3v) is 6.65. The molecule has 0 spiro atoms. The molecule has 3 aromatic rings. The first-order chi connectivity index (χ1) is 15.3. The summed E-state index contributed by atoms with van der Waals surface area (Å²) in [4.78, 5) is 24.3. The van der Waals surface area contributed by atoms with Crippen molar-refractivity contribution < 1.29 is 18.0 Å². The number of carbonyl (C=O) groups excluding carboxylic acids is 2. The fourth-order valence-electron chi connectivity index (χ4n) is 3.25. The molecule has 3 rings (SSSR count). The van der Waals surface area contributed by atoms with E-state index >= 15 is 0 Å². The molecule has 0 saturated carbocycles. The zero-order valence-electron chi connectivity index (χ0n) is 17.9. The third-order valence-electron chi connectivity index (χ3n) is 4.86. The Morgan fingerprint density at radius 1 is 0.906 bits per heavy atom.